The lowest BCUT2D eigenvalue weighted by Crippen LogP contribution is -2.47. The van der Waals surface area contributed by atoms with Gasteiger partial charge >= 0.3 is 0 Å². The van der Waals surface area contributed by atoms with Crippen LogP contribution in [0.4, 0.5) is 20.2 Å². The highest BCUT2D eigenvalue weighted by atomic mass is 19.1. The Morgan fingerprint density at radius 2 is 1.79 bits per heavy atom. The van der Waals surface area contributed by atoms with Gasteiger partial charge in [0.05, 0.1) is 11.3 Å². The standard InChI is InChI=1S/C20H17F2N3O3/c21-12-3-6-14(7-4-12)23-18(26)11-25-17-10-13(22)5-8-15(17)19(27)24-9-1-2-16(24)20(25)28/h3-8,10,16H,1-2,9,11H2,(H,23,26). The zero-order valence-electron chi connectivity index (χ0n) is 14.8. The van der Waals surface area contributed by atoms with Crippen molar-refractivity contribution >= 4 is 29.1 Å². The summed E-state index contributed by atoms with van der Waals surface area (Å²) in [5.74, 6) is -2.33. The van der Waals surface area contributed by atoms with Crippen LogP contribution in [-0.2, 0) is 9.59 Å². The Hall–Kier alpha value is -3.29. The van der Waals surface area contributed by atoms with Crippen LogP contribution in [0.1, 0.15) is 23.2 Å². The number of fused-ring (bicyclic) bond motifs is 2. The van der Waals surface area contributed by atoms with E-state index in [2.05, 4.69) is 5.32 Å². The minimum Gasteiger partial charge on any atom is -0.327 e. The first-order valence-electron chi connectivity index (χ1n) is 8.91. The molecule has 0 aliphatic carbocycles. The molecule has 0 saturated carbocycles. The number of carbonyl (C=O) groups excluding carboxylic acids is 3. The molecule has 2 aromatic rings. The number of hydrogen-bond donors (Lipinski definition) is 1. The Morgan fingerprint density at radius 1 is 1.07 bits per heavy atom. The molecule has 6 nitrogen and oxygen atoms in total. The number of halogens is 2. The number of benzene rings is 2. The van der Waals surface area contributed by atoms with Crippen molar-refractivity contribution in [1.29, 1.82) is 0 Å². The highest BCUT2D eigenvalue weighted by Crippen LogP contribution is 2.32. The van der Waals surface area contributed by atoms with Crippen molar-refractivity contribution in [1.82, 2.24) is 4.90 Å². The minimum absolute atomic E-state index is 0.0821. The van der Waals surface area contributed by atoms with Crippen LogP contribution in [0.3, 0.4) is 0 Å². The molecule has 1 atom stereocenters. The van der Waals surface area contributed by atoms with Crippen LogP contribution in [0.15, 0.2) is 42.5 Å². The predicted molar refractivity (Wildman–Crippen MR) is 97.8 cm³/mol. The number of nitrogens with one attached hydrogen (secondary N) is 1. The topological polar surface area (TPSA) is 69.7 Å². The molecular weight excluding hydrogens is 368 g/mol. The van der Waals surface area contributed by atoms with Crippen molar-refractivity contribution in [3.05, 3.63) is 59.7 Å². The van der Waals surface area contributed by atoms with Crippen molar-refractivity contribution < 1.29 is 23.2 Å². The molecule has 2 aromatic carbocycles. The van der Waals surface area contributed by atoms with E-state index >= 15 is 0 Å². The largest absolute Gasteiger partial charge is 0.327 e. The lowest BCUT2D eigenvalue weighted by Gasteiger charge is -2.25. The Labute approximate surface area is 159 Å². The summed E-state index contributed by atoms with van der Waals surface area (Å²) in [5, 5.41) is 2.58. The summed E-state index contributed by atoms with van der Waals surface area (Å²) in [4.78, 5) is 41.0. The first-order valence-corrected chi connectivity index (χ1v) is 8.91. The van der Waals surface area contributed by atoms with Crippen LogP contribution >= 0.6 is 0 Å². The molecule has 2 aliphatic heterocycles. The van der Waals surface area contributed by atoms with E-state index in [9.17, 15) is 23.2 Å². The van der Waals surface area contributed by atoms with E-state index in [4.69, 9.17) is 0 Å². The summed E-state index contributed by atoms with van der Waals surface area (Å²) < 4.78 is 26.9. The van der Waals surface area contributed by atoms with Gasteiger partial charge in [-0.05, 0) is 55.3 Å². The Balaban J connectivity index is 1.66. The minimum atomic E-state index is -0.665. The molecule has 3 amide bonds. The summed E-state index contributed by atoms with van der Waals surface area (Å²) >= 11 is 0. The monoisotopic (exact) mass is 385 g/mol. The molecule has 1 unspecified atom stereocenters. The molecule has 0 spiro atoms. The Kier molecular flexibility index (Phi) is 4.54. The van der Waals surface area contributed by atoms with Crippen LogP contribution in [0.25, 0.3) is 0 Å². The fraction of sp³-hybridized carbons (Fsp3) is 0.250. The fourth-order valence-corrected chi connectivity index (χ4v) is 3.67. The lowest BCUT2D eigenvalue weighted by molar-refractivity contribution is -0.124. The quantitative estimate of drug-likeness (QED) is 0.883. The number of hydrogen-bond acceptors (Lipinski definition) is 3. The molecular formula is C20H17F2N3O3. The van der Waals surface area contributed by atoms with Gasteiger partial charge in [-0.2, -0.15) is 0 Å². The van der Waals surface area contributed by atoms with Crippen molar-refractivity contribution in [3.63, 3.8) is 0 Å². The summed E-state index contributed by atoms with van der Waals surface area (Å²) in [6.45, 7) is 0.0615. The summed E-state index contributed by atoms with van der Waals surface area (Å²) in [7, 11) is 0. The Morgan fingerprint density at radius 3 is 2.54 bits per heavy atom. The smallest absolute Gasteiger partial charge is 0.256 e. The summed E-state index contributed by atoms with van der Waals surface area (Å²) in [5.41, 5.74) is 0.638. The van der Waals surface area contributed by atoms with Gasteiger partial charge in [0.1, 0.15) is 24.2 Å². The number of nitrogens with zero attached hydrogens (tertiary/aromatic N) is 2. The van der Waals surface area contributed by atoms with Crippen LogP contribution in [-0.4, -0.2) is 41.8 Å². The third kappa shape index (κ3) is 3.21. The van der Waals surface area contributed by atoms with Crippen molar-refractivity contribution in [2.45, 2.75) is 18.9 Å². The summed E-state index contributed by atoms with van der Waals surface area (Å²) in [6.07, 6.45) is 1.19. The third-order valence-corrected chi connectivity index (χ3v) is 4.98. The first-order chi connectivity index (χ1) is 13.4. The maximum absolute atomic E-state index is 13.9. The second kappa shape index (κ2) is 7.03. The molecule has 1 saturated heterocycles. The van der Waals surface area contributed by atoms with E-state index in [0.29, 0.717) is 25.1 Å². The van der Waals surface area contributed by atoms with Gasteiger partial charge in [-0.3, -0.25) is 14.4 Å². The van der Waals surface area contributed by atoms with Crippen molar-refractivity contribution in [2.75, 3.05) is 23.3 Å². The second-order valence-electron chi connectivity index (χ2n) is 6.80. The van der Waals surface area contributed by atoms with E-state index in [1.54, 1.807) is 0 Å². The average molecular weight is 385 g/mol. The molecule has 28 heavy (non-hydrogen) atoms. The second-order valence-corrected chi connectivity index (χ2v) is 6.80. The molecule has 4 rings (SSSR count). The number of anilines is 2. The van der Waals surface area contributed by atoms with Gasteiger partial charge in [0.2, 0.25) is 11.8 Å². The highest BCUT2D eigenvalue weighted by Gasteiger charge is 2.42. The third-order valence-electron chi connectivity index (χ3n) is 4.98. The van der Waals surface area contributed by atoms with E-state index in [1.165, 1.54) is 35.2 Å². The molecule has 0 bridgehead atoms. The number of carbonyl (C=O) groups is 3. The molecule has 2 aliphatic rings. The lowest BCUT2D eigenvalue weighted by atomic mass is 10.1. The molecule has 1 N–H and O–H groups in total. The van der Waals surface area contributed by atoms with Gasteiger partial charge in [-0.15, -0.1) is 0 Å². The molecule has 0 radical (unpaired) electrons. The van der Waals surface area contributed by atoms with E-state index in [-0.39, 0.29) is 23.7 Å². The average Bonchev–Trinajstić information content (AvgIpc) is 3.14. The van der Waals surface area contributed by atoms with Crippen LogP contribution < -0.4 is 10.2 Å². The van der Waals surface area contributed by atoms with E-state index in [1.807, 2.05) is 0 Å². The number of rotatable bonds is 3. The first kappa shape index (κ1) is 18.1. The van der Waals surface area contributed by atoms with Crippen LogP contribution in [0.5, 0.6) is 0 Å². The van der Waals surface area contributed by atoms with E-state index < -0.39 is 29.5 Å². The van der Waals surface area contributed by atoms with Crippen molar-refractivity contribution in [2.24, 2.45) is 0 Å². The van der Waals surface area contributed by atoms with Gasteiger partial charge in [-0.25, -0.2) is 8.78 Å². The predicted octanol–water partition coefficient (Wildman–Crippen LogP) is 2.55. The van der Waals surface area contributed by atoms with Crippen LogP contribution in [0, 0.1) is 11.6 Å². The van der Waals surface area contributed by atoms with Crippen LogP contribution in [0.2, 0.25) is 0 Å². The summed E-state index contributed by atoms with van der Waals surface area (Å²) in [6, 6.07) is 8.12. The highest BCUT2D eigenvalue weighted by molar-refractivity contribution is 6.13. The maximum atomic E-state index is 13.9. The van der Waals surface area contributed by atoms with Crippen molar-refractivity contribution in [3.8, 4) is 0 Å². The SMILES string of the molecule is O=C(CN1C(=O)C2CCCN2C(=O)c2ccc(F)cc21)Nc1ccc(F)cc1. The molecule has 8 heteroatoms. The van der Waals surface area contributed by atoms with Gasteiger partial charge in [0.15, 0.2) is 0 Å². The molecule has 144 valence electrons. The zero-order chi connectivity index (χ0) is 19.8. The van der Waals surface area contributed by atoms with Gasteiger partial charge in [0, 0.05) is 12.2 Å². The van der Waals surface area contributed by atoms with Gasteiger partial charge in [-0.1, -0.05) is 0 Å². The Bertz CT molecular complexity index is 962. The van der Waals surface area contributed by atoms with Gasteiger partial charge < -0.3 is 15.1 Å². The molecule has 1 fully saturated rings. The van der Waals surface area contributed by atoms with E-state index in [0.717, 1.165) is 17.0 Å². The van der Waals surface area contributed by atoms with Gasteiger partial charge in [0.25, 0.3) is 5.91 Å². The fourth-order valence-electron chi connectivity index (χ4n) is 3.67. The maximum Gasteiger partial charge on any atom is 0.256 e. The zero-order valence-corrected chi connectivity index (χ0v) is 14.8. The molecule has 0 aromatic heterocycles. The molecule has 2 heterocycles. The normalized spacial score (nSPS) is 18.6. The number of amides is 3.